The normalized spacial score (nSPS) is 11.3. The Balaban J connectivity index is 1.84. The van der Waals surface area contributed by atoms with Gasteiger partial charge in [0.1, 0.15) is 0 Å². The van der Waals surface area contributed by atoms with E-state index < -0.39 is 0 Å². The summed E-state index contributed by atoms with van der Waals surface area (Å²) < 4.78 is 4.12. The monoisotopic (exact) mass is 254 g/mol. The minimum absolute atomic E-state index is 0.587. The highest BCUT2D eigenvalue weighted by Crippen LogP contribution is 2.18. The zero-order chi connectivity index (χ0) is 13.2. The lowest BCUT2D eigenvalue weighted by molar-refractivity contribution is 0.720. The molecule has 0 aliphatic rings. The molecule has 0 amide bonds. The van der Waals surface area contributed by atoms with E-state index in [1.54, 1.807) is 0 Å². The molecule has 0 saturated carbocycles. The zero-order valence-corrected chi connectivity index (χ0v) is 11.1. The molecule has 19 heavy (non-hydrogen) atoms. The molecule has 0 atom stereocenters. The predicted octanol–water partition coefficient (Wildman–Crippen LogP) is 2.08. The molecule has 0 aliphatic heterocycles. The predicted molar refractivity (Wildman–Crippen MR) is 76.7 cm³/mol. The molecule has 4 nitrogen and oxygen atoms in total. The zero-order valence-electron chi connectivity index (χ0n) is 11.1. The number of nitrogens with zero attached hydrogens (tertiary/aromatic N) is 3. The third-order valence-electron chi connectivity index (χ3n) is 3.47. The maximum absolute atomic E-state index is 5.71. The molecular formula is C15H18N4. The Kier molecular flexibility index (Phi) is 3.09. The van der Waals surface area contributed by atoms with Gasteiger partial charge in [0, 0.05) is 38.0 Å². The Hall–Kier alpha value is -2.07. The standard InChI is InChI=1S/C15H18N4/c1-18-11-13(10-17-18)4-6-19-7-5-14-3-2-12(9-16)8-15(14)19/h2-3,5,7-8,10-11H,4,6,9,16H2,1H3. The number of aryl methyl sites for hydroxylation is 3. The molecule has 2 N–H and O–H groups in total. The molecule has 0 unspecified atom stereocenters. The van der Waals surface area contributed by atoms with E-state index in [2.05, 4.69) is 46.3 Å². The minimum Gasteiger partial charge on any atom is -0.347 e. The molecule has 0 bridgehead atoms. The van der Waals surface area contributed by atoms with Crippen molar-refractivity contribution in [2.24, 2.45) is 12.8 Å². The van der Waals surface area contributed by atoms with Crippen LogP contribution in [0.1, 0.15) is 11.1 Å². The summed E-state index contributed by atoms with van der Waals surface area (Å²) in [6.07, 6.45) is 7.12. The van der Waals surface area contributed by atoms with Crippen LogP contribution in [0.25, 0.3) is 10.9 Å². The van der Waals surface area contributed by atoms with Crippen LogP contribution < -0.4 is 5.73 Å². The number of aromatic nitrogens is 3. The number of benzene rings is 1. The summed E-state index contributed by atoms with van der Waals surface area (Å²) in [6.45, 7) is 1.55. The number of nitrogens with two attached hydrogens (primary N) is 1. The van der Waals surface area contributed by atoms with Crippen LogP contribution in [0.4, 0.5) is 0 Å². The summed E-state index contributed by atoms with van der Waals surface area (Å²) in [4.78, 5) is 0. The molecule has 3 rings (SSSR count). The van der Waals surface area contributed by atoms with Crippen LogP contribution in [-0.4, -0.2) is 14.3 Å². The fraction of sp³-hybridized carbons (Fsp3) is 0.267. The first-order chi connectivity index (χ1) is 9.26. The van der Waals surface area contributed by atoms with E-state index >= 15 is 0 Å². The van der Waals surface area contributed by atoms with Crippen molar-refractivity contribution in [3.63, 3.8) is 0 Å². The highest BCUT2D eigenvalue weighted by atomic mass is 15.2. The molecule has 0 aliphatic carbocycles. The number of fused-ring (bicyclic) bond motifs is 1. The highest BCUT2D eigenvalue weighted by Gasteiger charge is 2.03. The number of hydrogen-bond acceptors (Lipinski definition) is 2. The molecule has 98 valence electrons. The SMILES string of the molecule is Cn1cc(CCn2ccc3ccc(CN)cc32)cn1. The Morgan fingerprint density at radius 2 is 2.11 bits per heavy atom. The van der Waals surface area contributed by atoms with Crippen molar-refractivity contribution in [1.82, 2.24) is 14.3 Å². The minimum atomic E-state index is 0.587. The number of hydrogen-bond donors (Lipinski definition) is 1. The highest BCUT2D eigenvalue weighted by molar-refractivity contribution is 5.80. The van der Waals surface area contributed by atoms with Gasteiger partial charge in [-0.3, -0.25) is 4.68 Å². The third-order valence-corrected chi connectivity index (χ3v) is 3.47. The second kappa shape index (κ2) is 4.90. The van der Waals surface area contributed by atoms with Crippen LogP contribution >= 0.6 is 0 Å². The van der Waals surface area contributed by atoms with Gasteiger partial charge in [-0.15, -0.1) is 0 Å². The average molecular weight is 254 g/mol. The van der Waals surface area contributed by atoms with E-state index in [1.807, 2.05) is 17.9 Å². The average Bonchev–Trinajstić information content (AvgIpc) is 3.02. The van der Waals surface area contributed by atoms with E-state index in [4.69, 9.17) is 5.73 Å². The van der Waals surface area contributed by atoms with Crippen molar-refractivity contribution in [2.75, 3.05) is 0 Å². The van der Waals surface area contributed by atoms with Crippen molar-refractivity contribution >= 4 is 10.9 Å². The summed E-state index contributed by atoms with van der Waals surface area (Å²) in [5.74, 6) is 0. The van der Waals surface area contributed by atoms with Crippen LogP contribution in [0, 0.1) is 0 Å². The Bertz CT molecular complexity index is 693. The van der Waals surface area contributed by atoms with Gasteiger partial charge in [-0.1, -0.05) is 12.1 Å². The van der Waals surface area contributed by atoms with Crippen LogP contribution in [0.3, 0.4) is 0 Å². The van der Waals surface area contributed by atoms with Crippen LogP contribution in [0.2, 0.25) is 0 Å². The molecule has 0 saturated heterocycles. The number of rotatable bonds is 4. The molecule has 2 heterocycles. The van der Waals surface area contributed by atoms with Crippen LogP contribution in [0.5, 0.6) is 0 Å². The van der Waals surface area contributed by atoms with Crippen molar-refractivity contribution in [2.45, 2.75) is 19.5 Å². The van der Waals surface area contributed by atoms with Gasteiger partial charge in [-0.2, -0.15) is 5.10 Å². The molecular weight excluding hydrogens is 236 g/mol. The van der Waals surface area contributed by atoms with Gasteiger partial charge in [0.15, 0.2) is 0 Å². The van der Waals surface area contributed by atoms with Crippen molar-refractivity contribution < 1.29 is 0 Å². The Labute approximate surface area is 112 Å². The second-order valence-corrected chi connectivity index (χ2v) is 4.88. The van der Waals surface area contributed by atoms with E-state index in [0.717, 1.165) is 13.0 Å². The first-order valence-corrected chi connectivity index (χ1v) is 6.51. The Morgan fingerprint density at radius 3 is 2.84 bits per heavy atom. The molecule has 0 radical (unpaired) electrons. The van der Waals surface area contributed by atoms with Crippen LogP contribution in [0.15, 0.2) is 42.9 Å². The Morgan fingerprint density at radius 1 is 1.21 bits per heavy atom. The van der Waals surface area contributed by atoms with E-state index in [-0.39, 0.29) is 0 Å². The molecule has 0 spiro atoms. The first-order valence-electron chi connectivity index (χ1n) is 6.51. The maximum Gasteiger partial charge on any atom is 0.0522 e. The third kappa shape index (κ3) is 2.39. The van der Waals surface area contributed by atoms with E-state index in [9.17, 15) is 0 Å². The fourth-order valence-corrected chi connectivity index (χ4v) is 2.40. The molecule has 3 aromatic rings. The lowest BCUT2D eigenvalue weighted by Crippen LogP contribution is -2.01. The summed E-state index contributed by atoms with van der Waals surface area (Å²) in [5.41, 5.74) is 9.40. The van der Waals surface area contributed by atoms with Crippen molar-refractivity contribution in [3.8, 4) is 0 Å². The molecule has 2 aromatic heterocycles. The van der Waals surface area contributed by atoms with Gasteiger partial charge < -0.3 is 10.3 Å². The summed E-state index contributed by atoms with van der Waals surface area (Å²) >= 11 is 0. The molecule has 4 heteroatoms. The van der Waals surface area contributed by atoms with E-state index in [0.29, 0.717) is 6.54 Å². The first kappa shape index (κ1) is 12.0. The lowest BCUT2D eigenvalue weighted by atomic mass is 10.1. The van der Waals surface area contributed by atoms with Gasteiger partial charge >= 0.3 is 0 Å². The quantitative estimate of drug-likeness (QED) is 0.775. The maximum atomic E-state index is 5.71. The molecule has 0 fully saturated rings. The second-order valence-electron chi connectivity index (χ2n) is 4.88. The van der Waals surface area contributed by atoms with Crippen LogP contribution in [-0.2, 0) is 26.6 Å². The van der Waals surface area contributed by atoms with Gasteiger partial charge in [-0.05, 0) is 35.1 Å². The summed E-state index contributed by atoms with van der Waals surface area (Å²) in [6, 6.07) is 8.56. The lowest BCUT2D eigenvalue weighted by Gasteiger charge is -2.05. The fourth-order valence-electron chi connectivity index (χ4n) is 2.40. The summed E-state index contributed by atoms with van der Waals surface area (Å²) in [5, 5.41) is 5.46. The van der Waals surface area contributed by atoms with Gasteiger partial charge in [0.2, 0.25) is 0 Å². The van der Waals surface area contributed by atoms with Gasteiger partial charge in [0.25, 0.3) is 0 Å². The van der Waals surface area contributed by atoms with Gasteiger partial charge in [-0.25, -0.2) is 0 Å². The smallest absolute Gasteiger partial charge is 0.0522 e. The summed E-state index contributed by atoms with van der Waals surface area (Å²) in [7, 11) is 1.95. The van der Waals surface area contributed by atoms with Crippen molar-refractivity contribution in [3.05, 3.63) is 54.0 Å². The largest absolute Gasteiger partial charge is 0.347 e. The topological polar surface area (TPSA) is 48.8 Å². The molecule has 1 aromatic carbocycles. The van der Waals surface area contributed by atoms with Crippen molar-refractivity contribution in [1.29, 1.82) is 0 Å². The van der Waals surface area contributed by atoms with E-state index in [1.165, 1.54) is 22.0 Å². The van der Waals surface area contributed by atoms with Gasteiger partial charge in [0.05, 0.1) is 6.20 Å².